The fraction of sp³-hybridized carbons (Fsp3) is 0.286. The van der Waals surface area contributed by atoms with Crippen molar-refractivity contribution < 1.29 is 4.74 Å². The molecule has 1 heterocycles. The number of rotatable bonds is 4. The highest BCUT2D eigenvalue weighted by molar-refractivity contribution is 5.39. The van der Waals surface area contributed by atoms with Crippen LogP contribution in [-0.2, 0) is 0 Å². The summed E-state index contributed by atoms with van der Waals surface area (Å²) in [6, 6.07) is 6.25. The van der Waals surface area contributed by atoms with Gasteiger partial charge in [0.2, 0.25) is 0 Å². The Balaban J connectivity index is 2.37. The van der Waals surface area contributed by atoms with Crippen LogP contribution in [-0.4, -0.2) is 24.1 Å². The number of ether oxygens (including phenoxy) is 1. The molecule has 0 aliphatic rings. The second kappa shape index (κ2) is 5.60. The van der Waals surface area contributed by atoms with Crippen LogP contribution in [0.15, 0.2) is 36.9 Å². The summed E-state index contributed by atoms with van der Waals surface area (Å²) >= 11 is 0. The molecule has 1 aromatic heterocycles. The summed E-state index contributed by atoms with van der Waals surface area (Å²) in [6.07, 6.45) is 5.19. The van der Waals surface area contributed by atoms with Crippen molar-refractivity contribution in [3.05, 3.63) is 53.6 Å². The lowest BCUT2D eigenvalue weighted by Crippen LogP contribution is -2.18. The van der Waals surface area contributed by atoms with Crippen LogP contribution in [0.3, 0.4) is 0 Å². The molecule has 0 fully saturated rings. The summed E-state index contributed by atoms with van der Waals surface area (Å²) in [5.41, 5.74) is 3.34. The fourth-order valence-electron chi connectivity index (χ4n) is 2.07. The number of hydrogen-bond donors (Lipinski definition) is 1. The van der Waals surface area contributed by atoms with Crippen LogP contribution in [0, 0.1) is 6.92 Å². The molecule has 0 amide bonds. The molecule has 1 atom stereocenters. The van der Waals surface area contributed by atoms with E-state index in [9.17, 15) is 0 Å². The van der Waals surface area contributed by atoms with Crippen LogP contribution in [0.4, 0.5) is 0 Å². The highest BCUT2D eigenvalue weighted by Gasteiger charge is 2.13. The fourth-order valence-corrected chi connectivity index (χ4v) is 2.07. The Kier molecular flexibility index (Phi) is 3.89. The third kappa shape index (κ3) is 2.49. The number of methoxy groups -OCH3 is 1. The maximum Gasteiger partial charge on any atom is 0.121 e. The zero-order chi connectivity index (χ0) is 13.0. The number of nitrogens with zero attached hydrogens (tertiary/aromatic N) is 2. The molecule has 0 spiro atoms. The zero-order valence-corrected chi connectivity index (χ0v) is 10.8. The molecular weight excluding hydrogens is 226 g/mol. The van der Waals surface area contributed by atoms with Crippen molar-refractivity contribution >= 4 is 0 Å². The Labute approximate surface area is 107 Å². The average Bonchev–Trinajstić information content (AvgIpc) is 2.41. The van der Waals surface area contributed by atoms with E-state index in [1.807, 2.05) is 32.4 Å². The van der Waals surface area contributed by atoms with E-state index in [0.29, 0.717) is 0 Å². The standard InChI is InChI=1S/C14H17N3O/c1-10-6-11(4-5-13(10)18-3)14(15-2)12-7-16-9-17-8-12/h4-9,14-15H,1-3H3. The molecule has 2 rings (SSSR count). The van der Waals surface area contributed by atoms with Crippen LogP contribution in [0.1, 0.15) is 22.7 Å². The SMILES string of the molecule is CNC(c1cncnc1)c1ccc(OC)c(C)c1. The second-order valence-electron chi connectivity index (χ2n) is 4.12. The third-order valence-electron chi connectivity index (χ3n) is 2.95. The summed E-state index contributed by atoms with van der Waals surface area (Å²) in [5.74, 6) is 0.901. The molecular formula is C14H17N3O. The van der Waals surface area contributed by atoms with E-state index in [1.165, 1.54) is 11.9 Å². The largest absolute Gasteiger partial charge is 0.496 e. The van der Waals surface area contributed by atoms with Crippen molar-refractivity contribution in [1.29, 1.82) is 0 Å². The van der Waals surface area contributed by atoms with Crippen molar-refractivity contribution in [1.82, 2.24) is 15.3 Å². The molecule has 0 bridgehead atoms. The van der Waals surface area contributed by atoms with Gasteiger partial charge in [-0.3, -0.25) is 0 Å². The molecule has 0 radical (unpaired) electrons. The molecule has 18 heavy (non-hydrogen) atoms. The highest BCUT2D eigenvalue weighted by Crippen LogP contribution is 2.25. The van der Waals surface area contributed by atoms with E-state index in [-0.39, 0.29) is 6.04 Å². The van der Waals surface area contributed by atoms with E-state index in [2.05, 4.69) is 27.4 Å². The molecule has 0 aliphatic heterocycles. The van der Waals surface area contributed by atoms with E-state index in [4.69, 9.17) is 4.74 Å². The molecule has 94 valence electrons. The normalized spacial score (nSPS) is 12.2. The van der Waals surface area contributed by atoms with Gasteiger partial charge >= 0.3 is 0 Å². The zero-order valence-electron chi connectivity index (χ0n) is 10.8. The maximum absolute atomic E-state index is 5.27. The van der Waals surface area contributed by atoms with Crippen LogP contribution >= 0.6 is 0 Å². The lowest BCUT2D eigenvalue weighted by Gasteiger charge is -2.17. The maximum atomic E-state index is 5.27. The van der Waals surface area contributed by atoms with Crippen LogP contribution in [0.25, 0.3) is 0 Å². The molecule has 4 nitrogen and oxygen atoms in total. The number of aryl methyl sites for hydroxylation is 1. The van der Waals surface area contributed by atoms with E-state index >= 15 is 0 Å². The van der Waals surface area contributed by atoms with Crippen molar-refractivity contribution in [2.75, 3.05) is 14.2 Å². The molecule has 1 N–H and O–H groups in total. The van der Waals surface area contributed by atoms with Gasteiger partial charge in [-0.25, -0.2) is 9.97 Å². The van der Waals surface area contributed by atoms with Gasteiger partial charge < -0.3 is 10.1 Å². The Morgan fingerprint density at radius 2 is 1.89 bits per heavy atom. The van der Waals surface area contributed by atoms with Crippen LogP contribution < -0.4 is 10.1 Å². The Hall–Kier alpha value is -1.94. The monoisotopic (exact) mass is 243 g/mol. The van der Waals surface area contributed by atoms with Gasteiger partial charge in [0.05, 0.1) is 13.2 Å². The molecule has 1 unspecified atom stereocenters. The Morgan fingerprint density at radius 3 is 2.44 bits per heavy atom. The number of benzene rings is 1. The summed E-state index contributed by atoms with van der Waals surface area (Å²) in [5, 5.41) is 3.28. The van der Waals surface area contributed by atoms with Gasteiger partial charge in [0.15, 0.2) is 0 Å². The van der Waals surface area contributed by atoms with E-state index < -0.39 is 0 Å². The summed E-state index contributed by atoms with van der Waals surface area (Å²) < 4.78 is 5.27. The van der Waals surface area contributed by atoms with Crippen molar-refractivity contribution in [2.45, 2.75) is 13.0 Å². The van der Waals surface area contributed by atoms with Gasteiger partial charge in [-0.1, -0.05) is 12.1 Å². The topological polar surface area (TPSA) is 47.0 Å². The number of hydrogen-bond acceptors (Lipinski definition) is 4. The predicted molar refractivity (Wildman–Crippen MR) is 70.7 cm³/mol. The minimum Gasteiger partial charge on any atom is -0.496 e. The van der Waals surface area contributed by atoms with Gasteiger partial charge in [0, 0.05) is 18.0 Å². The first-order valence-electron chi connectivity index (χ1n) is 5.83. The van der Waals surface area contributed by atoms with Gasteiger partial charge in [0.1, 0.15) is 12.1 Å². The van der Waals surface area contributed by atoms with Crippen molar-refractivity contribution in [2.24, 2.45) is 0 Å². The lowest BCUT2D eigenvalue weighted by atomic mass is 9.99. The van der Waals surface area contributed by atoms with Gasteiger partial charge in [-0.05, 0) is 31.2 Å². The molecule has 0 saturated carbocycles. The summed E-state index contributed by atoms with van der Waals surface area (Å²) in [6.45, 7) is 2.04. The number of aromatic nitrogens is 2. The minimum atomic E-state index is 0.0933. The Morgan fingerprint density at radius 1 is 1.17 bits per heavy atom. The van der Waals surface area contributed by atoms with Crippen molar-refractivity contribution in [3.63, 3.8) is 0 Å². The highest BCUT2D eigenvalue weighted by atomic mass is 16.5. The second-order valence-corrected chi connectivity index (χ2v) is 4.12. The van der Waals surface area contributed by atoms with Crippen molar-refractivity contribution in [3.8, 4) is 5.75 Å². The summed E-state index contributed by atoms with van der Waals surface area (Å²) in [7, 11) is 3.61. The quantitative estimate of drug-likeness (QED) is 0.893. The first kappa shape index (κ1) is 12.5. The van der Waals surface area contributed by atoms with Crippen LogP contribution in [0.2, 0.25) is 0 Å². The molecule has 2 aromatic rings. The summed E-state index contributed by atoms with van der Waals surface area (Å²) in [4.78, 5) is 8.12. The van der Waals surface area contributed by atoms with E-state index in [0.717, 1.165) is 16.9 Å². The van der Waals surface area contributed by atoms with Gasteiger partial charge in [-0.2, -0.15) is 0 Å². The molecule has 0 aliphatic carbocycles. The third-order valence-corrected chi connectivity index (χ3v) is 2.95. The predicted octanol–water partition coefficient (Wildman–Crippen LogP) is 2.10. The van der Waals surface area contributed by atoms with Gasteiger partial charge in [-0.15, -0.1) is 0 Å². The lowest BCUT2D eigenvalue weighted by molar-refractivity contribution is 0.411. The number of nitrogens with one attached hydrogen (secondary N) is 1. The smallest absolute Gasteiger partial charge is 0.121 e. The van der Waals surface area contributed by atoms with E-state index in [1.54, 1.807) is 7.11 Å². The average molecular weight is 243 g/mol. The molecule has 0 saturated heterocycles. The minimum absolute atomic E-state index is 0.0933. The first-order chi connectivity index (χ1) is 8.76. The molecule has 1 aromatic carbocycles. The Bertz CT molecular complexity index is 514. The molecule has 4 heteroatoms. The van der Waals surface area contributed by atoms with Crippen LogP contribution in [0.5, 0.6) is 5.75 Å². The van der Waals surface area contributed by atoms with Gasteiger partial charge in [0.25, 0.3) is 0 Å². The first-order valence-corrected chi connectivity index (χ1v) is 5.83.